The molecule has 2 aromatic rings. The summed E-state index contributed by atoms with van der Waals surface area (Å²) >= 11 is 0. The molecule has 1 fully saturated rings. The first-order valence-electron chi connectivity index (χ1n) is 10.1. The first-order chi connectivity index (χ1) is 14.8. The zero-order valence-corrected chi connectivity index (χ0v) is 18.0. The SMILES string of the molecule is CC[C@@H]1CCCCN1S(=O)(=O)c1ccc(NC(=O)COc2ccc([N+](=O)[O-])cc2)cc1. The Kier molecular flexibility index (Phi) is 7.24. The summed E-state index contributed by atoms with van der Waals surface area (Å²) in [5.74, 6) is -0.106. The standard InChI is InChI=1S/C21H25N3O6S/c1-2-17-5-3-4-14-23(17)31(28,29)20-12-6-16(7-13-20)22-21(25)15-30-19-10-8-18(9-11-19)24(26)27/h6-13,17H,2-5,14-15H2,1H3,(H,22,25)/t17-/m1/s1. The number of carbonyl (C=O) groups is 1. The van der Waals surface area contributed by atoms with Crippen LogP contribution in [0, 0.1) is 10.1 Å². The maximum atomic E-state index is 13.0. The van der Waals surface area contributed by atoms with Crippen LogP contribution in [0.15, 0.2) is 53.4 Å². The van der Waals surface area contributed by atoms with Crippen LogP contribution in [0.2, 0.25) is 0 Å². The fourth-order valence-electron chi connectivity index (χ4n) is 3.55. The van der Waals surface area contributed by atoms with Gasteiger partial charge in [-0.15, -0.1) is 0 Å². The normalized spacial score (nSPS) is 17.1. The molecule has 0 saturated carbocycles. The predicted molar refractivity (Wildman–Crippen MR) is 115 cm³/mol. The molecule has 0 radical (unpaired) electrons. The number of amides is 1. The van der Waals surface area contributed by atoms with Crippen molar-refractivity contribution in [3.63, 3.8) is 0 Å². The van der Waals surface area contributed by atoms with Gasteiger partial charge in [0.1, 0.15) is 5.75 Å². The number of nitrogens with one attached hydrogen (secondary N) is 1. The van der Waals surface area contributed by atoms with E-state index in [2.05, 4.69) is 5.32 Å². The third-order valence-electron chi connectivity index (χ3n) is 5.21. The highest BCUT2D eigenvalue weighted by Crippen LogP contribution is 2.27. The Balaban J connectivity index is 1.58. The van der Waals surface area contributed by atoms with Crippen LogP contribution in [0.5, 0.6) is 5.75 Å². The molecular weight excluding hydrogens is 422 g/mol. The van der Waals surface area contributed by atoms with Crippen LogP contribution in [-0.2, 0) is 14.8 Å². The second-order valence-electron chi connectivity index (χ2n) is 7.29. The van der Waals surface area contributed by atoms with E-state index in [4.69, 9.17) is 4.74 Å². The minimum absolute atomic E-state index is 0.0229. The number of carbonyl (C=O) groups excluding carboxylic acids is 1. The van der Waals surface area contributed by atoms with E-state index in [1.54, 1.807) is 16.4 Å². The number of rotatable bonds is 8. The van der Waals surface area contributed by atoms with E-state index in [1.807, 2.05) is 6.92 Å². The molecule has 0 aliphatic carbocycles. The van der Waals surface area contributed by atoms with Crippen LogP contribution in [0.25, 0.3) is 0 Å². The molecule has 1 aliphatic heterocycles. The lowest BCUT2D eigenvalue weighted by atomic mass is 10.0. The molecular formula is C21H25N3O6S. The molecule has 0 bridgehead atoms. The second kappa shape index (κ2) is 9.88. The van der Waals surface area contributed by atoms with Crippen LogP contribution < -0.4 is 10.1 Å². The largest absolute Gasteiger partial charge is 0.484 e. The molecule has 2 aromatic carbocycles. The molecule has 0 spiro atoms. The van der Waals surface area contributed by atoms with E-state index in [0.29, 0.717) is 18.0 Å². The Morgan fingerprint density at radius 1 is 1.16 bits per heavy atom. The Morgan fingerprint density at radius 3 is 2.45 bits per heavy atom. The molecule has 3 rings (SSSR count). The Labute approximate surface area is 181 Å². The van der Waals surface area contributed by atoms with Crippen molar-refractivity contribution in [1.29, 1.82) is 0 Å². The summed E-state index contributed by atoms with van der Waals surface area (Å²) in [6.07, 6.45) is 3.55. The zero-order valence-electron chi connectivity index (χ0n) is 17.2. The van der Waals surface area contributed by atoms with Gasteiger partial charge >= 0.3 is 0 Å². The van der Waals surface area contributed by atoms with Gasteiger partial charge in [0.25, 0.3) is 11.6 Å². The highest BCUT2D eigenvalue weighted by atomic mass is 32.2. The van der Waals surface area contributed by atoms with Gasteiger partial charge in [0.15, 0.2) is 6.61 Å². The van der Waals surface area contributed by atoms with Gasteiger partial charge in [-0.25, -0.2) is 8.42 Å². The number of nitro groups is 1. The van der Waals surface area contributed by atoms with Crippen molar-refractivity contribution < 1.29 is 22.9 Å². The van der Waals surface area contributed by atoms with Crippen molar-refractivity contribution in [2.75, 3.05) is 18.5 Å². The molecule has 166 valence electrons. The fourth-order valence-corrected chi connectivity index (χ4v) is 5.32. The molecule has 1 atom stereocenters. The Hall–Kier alpha value is -2.98. The number of ether oxygens (including phenoxy) is 1. The first-order valence-corrected chi connectivity index (χ1v) is 11.5. The molecule has 0 aromatic heterocycles. The van der Waals surface area contributed by atoms with Crippen molar-refractivity contribution in [3.8, 4) is 5.75 Å². The van der Waals surface area contributed by atoms with Gasteiger partial charge in [0.2, 0.25) is 10.0 Å². The summed E-state index contributed by atoms with van der Waals surface area (Å²) in [5, 5.41) is 13.3. The van der Waals surface area contributed by atoms with Crippen LogP contribution >= 0.6 is 0 Å². The summed E-state index contributed by atoms with van der Waals surface area (Å²) in [7, 11) is -3.58. The maximum Gasteiger partial charge on any atom is 0.269 e. The second-order valence-corrected chi connectivity index (χ2v) is 9.18. The summed E-state index contributed by atoms with van der Waals surface area (Å²) < 4.78 is 32.9. The number of hydrogen-bond donors (Lipinski definition) is 1. The Morgan fingerprint density at radius 2 is 1.84 bits per heavy atom. The molecule has 9 nitrogen and oxygen atoms in total. The number of benzene rings is 2. The fraction of sp³-hybridized carbons (Fsp3) is 0.381. The molecule has 0 unspecified atom stereocenters. The van der Waals surface area contributed by atoms with Crippen molar-refractivity contribution in [2.45, 2.75) is 43.5 Å². The third kappa shape index (κ3) is 5.59. The molecule has 1 aliphatic rings. The minimum atomic E-state index is -3.58. The lowest BCUT2D eigenvalue weighted by molar-refractivity contribution is -0.384. The predicted octanol–water partition coefficient (Wildman–Crippen LogP) is 3.57. The van der Waals surface area contributed by atoms with Crippen LogP contribution in [0.4, 0.5) is 11.4 Å². The molecule has 10 heteroatoms. The van der Waals surface area contributed by atoms with Gasteiger partial charge in [-0.05, 0) is 55.7 Å². The number of piperidine rings is 1. The molecule has 1 N–H and O–H groups in total. The zero-order chi connectivity index (χ0) is 22.4. The minimum Gasteiger partial charge on any atom is -0.484 e. The van der Waals surface area contributed by atoms with Gasteiger partial charge in [-0.2, -0.15) is 4.31 Å². The average Bonchev–Trinajstić information content (AvgIpc) is 2.78. The van der Waals surface area contributed by atoms with E-state index in [1.165, 1.54) is 36.4 Å². The van der Waals surface area contributed by atoms with Gasteiger partial charge < -0.3 is 10.1 Å². The topological polar surface area (TPSA) is 119 Å². The summed E-state index contributed by atoms with van der Waals surface area (Å²) in [5.41, 5.74) is 0.378. The van der Waals surface area contributed by atoms with E-state index >= 15 is 0 Å². The van der Waals surface area contributed by atoms with E-state index < -0.39 is 20.9 Å². The molecule has 1 amide bonds. The smallest absolute Gasteiger partial charge is 0.269 e. The average molecular weight is 448 g/mol. The number of hydrogen-bond acceptors (Lipinski definition) is 6. The molecule has 1 heterocycles. The number of nitrogens with zero attached hydrogens (tertiary/aromatic N) is 2. The highest BCUT2D eigenvalue weighted by Gasteiger charge is 2.32. The van der Waals surface area contributed by atoms with Crippen molar-refractivity contribution in [3.05, 3.63) is 58.6 Å². The highest BCUT2D eigenvalue weighted by molar-refractivity contribution is 7.89. The summed E-state index contributed by atoms with van der Waals surface area (Å²) in [4.78, 5) is 22.4. The van der Waals surface area contributed by atoms with Gasteiger partial charge in [-0.3, -0.25) is 14.9 Å². The number of anilines is 1. The lowest BCUT2D eigenvalue weighted by Crippen LogP contribution is -2.43. The van der Waals surface area contributed by atoms with Crippen LogP contribution in [0.1, 0.15) is 32.6 Å². The van der Waals surface area contributed by atoms with E-state index in [-0.39, 0.29) is 23.2 Å². The van der Waals surface area contributed by atoms with E-state index in [9.17, 15) is 23.3 Å². The monoisotopic (exact) mass is 447 g/mol. The van der Waals surface area contributed by atoms with Gasteiger partial charge in [-0.1, -0.05) is 13.3 Å². The number of sulfonamides is 1. The third-order valence-corrected chi connectivity index (χ3v) is 7.17. The first kappa shape index (κ1) is 22.7. The molecule has 31 heavy (non-hydrogen) atoms. The maximum absolute atomic E-state index is 13.0. The lowest BCUT2D eigenvalue weighted by Gasteiger charge is -2.34. The number of non-ortho nitro benzene ring substituents is 1. The summed E-state index contributed by atoms with van der Waals surface area (Å²) in [6.45, 7) is 2.24. The van der Waals surface area contributed by atoms with Crippen molar-refractivity contribution >= 4 is 27.3 Å². The van der Waals surface area contributed by atoms with Gasteiger partial charge in [0, 0.05) is 30.4 Å². The van der Waals surface area contributed by atoms with Crippen LogP contribution in [-0.4, -0.2) is 42.7 Å². The van der Waals surface area contributed by atoms with Crippen LogP contribution in [0.3, 0.4) is 0 Å². The quantitative estimate of drug-likeness (QED) is 0.488. The van der Waals surface area contributed by atoms with E-state index in [0.717, 1.165) is 25.7 Å². The Bertz CT molecular complexity index is 1020. The summed E-state index contributed by atoms with van der Waals surface area (Å²) in [6, 6.07) is 11.5. The van der Waals surface area contributed by atoms with Gasteiger partial charge in [0.05, 0.1) is 9.82 Å². The number of nitro benzene ring substituents is 1. The van der Waals surface area contributed by atoms with Crippen molar-refractivity contribution in [1.82, 2.24) is 4.31 Å². The van der Waals surface area contributed by atoms with Crippen molar-refractivity contribution in [2.24, 2.45) is 0 Å². The molecule has 1 saturated heterocycles.